The fourth-order valence-electron chi connectivity index (χ4n) is 3.61. The molecule has 0 spiro atoms. The van der Waals surface area contributed by atoms with E-state index >= 15 is 0 Å². The Morgan fingerprint density at radius 3 is 2.73 bits per heavy atom. The molecule has 0 fully saturated rings. The molecule has 0 radical (unpaired) electrons. The van der Waals surface area contributed by atoms with Crippen molar-refractivity contribution in [2.24, 2.45) is 5.73 Å². The summed E-state index contributed by atoms with van der Waals surface area (Å²) >= 11 is 0. The van der Waals surface area contributed by atoms with Crippen LogP contribution in [0.5, 0.6) is 11.6 Å². The van der Waals surface area contributed by atoms with Gasteiger partial charge in [0.15, 0.2) is 0 Å². The van der Waals surface area contributed by atoms with Crippen molar-refractivity contribution < 1.29 is 9.47 Å². The standard InChI is InChI=1S/C20H18N4O2/c1-3-15-18-17(14(10-21)19(22)26-20(18)24-23-15)13-8-9-16(25-2)12-7-5-4-6-11(12)13/h4-9,17H,3,22H2,1-2H3,(H,23,24)/t17-/m0/s1. The van der Waals surface area contributed by atoms with Gasteiger partial charge in [-0.15, -0.1) is 5.10 Å². The second-order valence-electron chi connectivity index (χ2n) is 6.10. The minimum absolute atomic E-state index is 0.0963. The summed E-state index contributed by atoms with van der Waals surface area (Å²) in [7, 11) is 1.65. The monoisotopic (exact) mass is 346 g/mol. The van der Waals surface area contributed by atoms with E-state index in [9.17, 15) is 5.26 Å². The van der Waals surface area contributed by atoms with Crippen molar-refractivity contribution in [2.45, 2.75) is 19.3 Å². The lowest BCUT2D eigenvalue weighted by Crippen LogP contribution is -2.21. The summed E-state index contributed by atoms with van der Waals surface area (Å²) in [6.45, 7) is 2.03. The Morgan fingerprint density at radius 2 is 2.04 bits per heavy atom. The first-order chi connectivity index (χ1) is 12.7. The van der Waals surface area contributed by atoms with Crippen LogP contribution in [-0.4, -0.2) is 17.3 Å². The van der Waals surface area contributed by atoms with Gasteiger partial charge in [-0.25, -0.2) is 0 Å². The number of nitrogens with one attached hydrogen (secondary N) is 1. The number of nitrogens with zero attached hydrogens (tertiary/aromatic N) is 2. The van der Waals surface area contributed by atoms with Gasteiger partial charge in [-0.1, -0.05) is 37.3 Å². The van der Waals surface area contributed by atoms with Crippen LogP contribution in [0.1, 0.15) is 29.7 Å². The second-order valence-corrected chi connectivity index (χ2v) is 6.10. The van der Waals surface area contributed by atoms with Crippen LogP contribution in [-0.2, 0) is 6.42 Å². The van der Waals surface area contributed by atoms with Crippen LogP contribution in [0.15, 0.2) is 47.9 Å². The van der Waals surface area contributed by atoms with Crippen LogP contribution >= 0.6 is 0 Å². The molecule has 2 heterocycles. The number of methoxy groups -OCH3 is 1. The van der Waals surface area contributed by atoms with Crippen molar-refractivity contribution in [3.63, 3.8) is 0 Å². The maximum absolute atomic E-state index is 9.77. The fraction of sp³-hybridized carbons (Fsp3) is 0.200. The molecule has 0 saturated heterocycles. The lowest BCUT2D eigenvalue weighted by molar-refractivity contribution is 0.379. The van der Waals surface area contributed by atoms with Crippen molar-refractivity contribution >= 4 is 10.8 Å². The van der Waals surface area contributed by atoms with Gasteiger partial charge >= 0.3 is 0 Å². The number of ether oxygens (including phenoxy) is 2. The van der Waals surface area contributed by atoms with Crippen molar-refractivity contribution in [2.75, 3.05) is 7.11 Å². The quantitative estimate of drug-likeness (QED) is 0.758. The van der Waals surface area contributed by atoms with Gasteiger partial charge in [0.05, 0.1) is 13.0 Å². The van der Waals surface area contributed by atoms with Crippen LogP contribution in [0.4, 0.5) is 0 Å². The number of aryl methyl sites for hydroxylation is 1. The number of hydrogen-bond acceptors (Lipinski definition) is 5. The molecule has 3 aromatic rings. The van der Waals surface area contributed by atoms with E-state index in [4.69, 9.17) is 15.2 Å². The van der Waals surface area contributed by atoms with Crippen LogP contribution in [0.2, 0.25) is 0 Å². The predicted molar refractivity (Wildman–Crippen MR) is 97.8 cm³/mol. The Morgan fingerprint density at radius 1 is 1.27 bits per heavy atom. The molecule has 0 amide bonds. The third-order valence-electron chi connectivity index (χ3n) is 4.82. The van der Waals surface area contributed by atoms with Crippen molar-refractivity contribution in [1.82, 2.24) is 10.2 Å². The lowest BCUT2D eigenvalue weighted by Gasteiger charge is -2.25. The number of aromatic amines is 1. The average Bonchev–Trinajstić information content (AvgIpc) is 3.08. The Balaban J connectivity index is 2.05. The average molecular weight is 346 g/mol. The summed E-state index contributed by atoms with van der Waals surface area (Å²) in [5, 5.41) is 19.0. The van der Waals surface area contributed by atoms with Gasteiger partial charge in [0.2, 0.25) is 11.8 Å². The third kappa shape index (κ3) is 2.21. The highest BCUT2D eigenvalue weighted by Gasteiger charge is 2.35. The van der Waals surface area contributed by atoms with Crippen LogP contribution in [0.25, 0.3) is 10.8 Å². The van der Waals surface area contributed by atoms with E-state index in [1.54, 1.807) is 7.11 Å². The molecule has 2 aromatic carbocycles. The molecule has 0 bridgehead atoms. The maximum atomic E-state index is 9.77. The number of hydrogen-bond donors (Lipinski definition) is 2. The van der Waals surface area contributed by atoms with E-state index in [1.165, 1.54) is 0 Å². The Kier molecular flexibility index (Phi) is 3.77. The van der Waals surface area contributed by atoms with Gasteiger partial charge < -0.3 is 15.2 Å². The molecule has 0 saturated carbocycles. The molecular weight excluding hydrogens is 328 g/mol. The molecule has 1 aromatic heterocycles. The molecule has 6 heteroatoms. The van der Waals surface area contributed by atoms with E-state index in [1.807, 2.05) is 43.3 Å². The Labute approximate surface area is 150 Å². The number of H-pyrrole nitrogens is 1. The van der Waals surface area contributed by atoms with Crippen molar-refractivity contribution in [1.29, 1.82) is 5.26 Å². The number of aromatic nitrogens is 2. The molecule has 3 N–H and O–H groups in total. The van der Waals surface area contributed by atoms with Gasteiger partial charge in [0, 0.05) is 16.6 Å². The summed E-state index contributed by atoms with van der Waals surface area (Å²) in [5.74, 6) is 0.977. The number of allylic oxidation sites excluding steroid dienone is 1. The van der Waals surface area contributed by atoms with Gasteiger partial charge in [-0.2, -0.15) is 5.26 Å². The SMILES string of the molecule is CCc1[nH]nc2c1[C@@H](c1ccc(OC)c3ccccc13)C(C#N)=C(N)O2. The first kappa shape index (κ1) is 16.0. The van der Waals surface area contributed by atoms with Crippen LogP contribution in [0.3, 0.4) is 0 Å². The fourth-order valence-corrected chi connectivity index (χ4v) is 3.61. The Bertz CT molecular complexity index is 1080. The predicted octanol–water partition coefficient (Wildman–Crippen LogP) is 3.35. The number of benzene rings is 2. The largest absolute Gasteiger partial charge is 0.496 e. The maximum Gasteiger partial charge on any atom is 0.244 e. The zero-order valence-electron chi connectivity index (χ0n) is 14.5. The molecule has 6 nitrogen and oxygen atoms in total. The summed E-state index contributed by atoms with van der Waals surface area (Å²) in [6, 6.07) is 14.1. The molecule has 0 aliphatic carbocycles. The number of nitriles is 1. The lowest BCUT2D eigenvalue weighted by atomic mass is 9.81. The minimum Gasteiger partial charge on any atom is -0.496 e. The van der Waals surface area contributed by atoms with E-state index in [2.05, 4.69) is 16.3 Å². The topological polar surface area (TPSA) is 97.0 Å². The number of rotatable bonds is 3. The second kappa shape index (κ2) is 6.12. The molecule has 130 valence electrons. The minimum atomic E-state index is -0.340. The highest BCUT2D eigenvalue weighted by Crippen LogP contribution is 2.45. The van der Waals surface area contributed by atoms with Crippen LogP contribution in [0, 0.1) is 11.3 Å². The third-order valence-corrected chi connectivity index (χ3v) is 4.82. The van der Waals surface area contributed by atoms with E-state index in [0.717, 1.165) is 39.8 Å². The van der Waals surface area contributed by atoms with Gasteiger partial charge in [-0.05, 0) is 23.4 Å². The van der Waals surface area contributed by atoms with Gasteiger partial charge in [0.1, 0.15) is 17.4 Å². The number of fused-ring (bicyclic) bond motifs is 2. The first-order valence-electron chi connectivity index (χ1n) is 8.39. The molecule has 4 rings (SSSR count). The highest BCUT2D eigenvalue weighted by atomic mass is 16.5. The summed E-state index contributed by atoms with van der Waals surface area (Å²) in [6.07, 6.45) is 0.745. The zero-order chi connectivity index (χ0) is 18.3. The smallest absolute Gasteiger partial charge is 0.244 e. The number of nitrogens with two attached hydrogens (primary N) is 1. The van der Waals surface area contributed by atoms with Crippen molar-refractivity contribution in [3.05, 3.63) is 64.7 Å². The first-order valence-corrected chi connectivity index (χ1v) is 8.39. The van der Waals surface area contributed by atoms with Gasteiger partial charge in [0.25, 0.3) is 0 Å². The summed E-state index contributed by atoms with van der Waals surface area (Å²) < 4.78 is 11.1. The summed E-state index contributed by atoms with van der Waals surface area (Å²) in [4.78, 5) is 0. The molecular formula is C20H18N4O2. The molecule has 1 atom stereocenters. The van der Waals surface area contributed by atoms with Gasteiger partial charge in [-0.3, -0.25) is 5.10 Å². The zero-order valence-corrected chi connectivity index (χ0v) is 14.5. The molecule has 1 aliphatic rings. The normalized spacial score (nSPS) is 16.1. The van der Waals surface area contributed by atoms with Crippen LogP contribution < -0.4 is 15.2 Å². The Hall–Kier alpha value is -3.46. The van der Waals surface area contributed by atoms with E-state index in [-0.39, 0.29) is 11.8 Å². The molecule has 1 aliphatic heterocycles. The molecule has 26 heavy (non-hydrogen) atoms. The molecule has 0 unspecified atom stereocenters. The summed E-state index contributed by atoms with van der Waals surface area (Å²) in [5.41, 5.74) is 9.21. The van der Waals surface area contributed by atoms with E-state index < -0.39 is 0 Å². The van der Waals surface area contributed by atoms with Crippen molar-refractivity contribution in [3.8, 4) is 17.7 Å². The van der Waals surface area contributed by atoms with E-state index in [0.29, 0.717) is 11.5 Å². The highest BCUT2D eigenvalue weighted by molar-refractivity contribution is 5.92.